The van der Waals surface area contributed by atoms with Crippen molar-refractivity contribution in [1.29, 1.82) is 0 Å². The number of carboxylic acid groups (broad SMARTS) is 1. The summed E-state index contributed by atoms with van der Waals surface area (Å²) >= 11 is 0. The molecule has 0 aromatic rings. The first kappa shape index (κ1) is 7.54. The number of aliphatic carboxylic acids is 1. The second kappa shape index (κ2) is 2.58. The van der Waals surface area contributed by atoms with Crippen LogP contribution in [0.4, 0.5) is 0 Å². The van der Waals surface area contributed by atoms with Crippen LogP contribution in [0.3, 0.4) is 0 Å². The fourth-order valence-corrected chi connectivity index (χ4v) is 1.66. The molecular formula is C7H13NO2. The van der Waals surface area contributed by atoms with Crippen LogP contribution in [0.2, 0.25) is 0 Å². The Bertz CT molecular complexity index is 137. The van der Waals surface area contributed by atoms with Crippen LogP contribution in [0.1, 0.15) is 19.8 Å². The van der Waals surface area contributed by atoms with Gasteiger partial charge in [0.15, 0.2) is 0 Å². The molecule has 0 heterocycles. The fraction of sp³-hybridized carbons (Fsp3) is 0.857. The lowest BCUT2D eigenvalue weighted by atomic mass is 9.96. The van der Waals surface area contributed by atoms with E-state index in [-0.39, 0.29) is 17.9 Å². The average molecular weight is 143 g/mol. The average Bonchev–Trinajstić information content (AvgIpc) is 2.11. The molecule has 1 aliphatic rings. The molecule has 3 N–H and O–H groups in total. The second-order valence-electron chi connectivity index (χ2n) is 3.08. The van der Waals surface area contributed by atoms with Crippen LogP contribution in [0.5, 0.6) is 0 Å². The van der Waals surface area contributed by atoms with E-state index in [0.29, 0.717) is 0 Å². The molecule has 3 heteroatoms. The smallest absolute Gasteiger partial charge is 0.308 e. The van der Waals surface area contributed by atoms with Gasteiger partial charge in [0.25, 0.3) is 0 Å². The zero-order valence-electron chi connectivity index (χ0n) is 6.08. The first-order valence-corrected chi connectivity index (χ1v) is 3.61. The third-order valence-corrected chi connectivity index (χ3v) is 2.31. The van der Waals surface area contributed by atoms with Gasteiger partial charge in [0.1, 0.15) is 0 Å². The van der Waals surface area contributed by atoms with Crippen molar-refractivity contribution in [2.45, 2.75) is 25.8 Å². The minimum Gasteiger partial charge on any atom is -0.481 e. The molecule has 1 rings (SSSR count). The first-order chi connectivity index (χ1) is 4.63. The van der Waals surface area contributed by atoms with Crippen LogP contribution < -0.4 is 5.73 Å². The highest BCUT2D eigenvalue weighted by atomic mass is 16.4. The normalized spacial score (nSPS) is 40.0. The molecule has 1 saturated carbocycles. The van der Waals surface area contributed by atoms with Crippen molar-refractivity contribution in [1.82, 2.24) is 0 Å². The summed E-state index contributed by atoms with van der Waals surface area (Å²) in [5.41, 5.74) is 5.59. The van der Waals surface area contributed by atoms with E-state index in [1.54, 1.807) is 0 Å². The highest BCUT2D eigenvalue weighted by Gasteiger charge is 2.35. The summed E-state index contributed by atoms with van der Waals surface area (Å²) in [7, 11) is 0. The molecule has 0 unspecified atom stereocenters. The molecule has 0 saturated heterocycles. The van der Waals surface area contributed by atoms with Gasteiger partial charge in [-0.05, 0) is 18.8 Å². The number of rotatable bonds is 1. The molecule has 3 nitrogen and oxygen atoms in total. The summed E-state index contributed by atoms with van der Waals surface area (Å²) < 4.78 is 0. The van der Waals surface area contributed by atoms with E-state index < -0.39 is 5.97 Å². The maximum Gasteiger partial charge on any atom is 0.308 e. The lowest BCUT2D eigenvalue weighted by Crippen LogP contribution is -2.33. The van der Waals surface area contributed by atoms with Gasteiger partial charge in [-0.2, -0.15) is 0 Å². The quantitative estimate of drug-likeness (QED) is 0.560. The molecule has 1 fully saturated rings. The van der Waals surface area contributed by atoms with Gasteiger partial charge in [-0.3, -0.25) is 4.79 Å². The Morgan fingerprint density at radius 3 is 2.40 bits per heavy atom. The number of hydrogen-bond donors (Lipinski definition) is 2. The Hall–Kier alpha value is -0.570. The highest BCUT2D eigenvalue weighted by Crippen LogP contribution is 2.30. The molecular weight excluding hydrogens is 130 g/mol. The molecule has 0 aliphatic heterocycles. The first-order valence-electron chi connectivity index (χ1n) is 3.61. The monoisotopic (exact) mass is 143 g/mol. The standard InChI is InChI=1S/C7H13NO2/c1-4-2-3-5(8)6(4)7(9)10/h4-6H,2-3,8H2,1H3,(H,9,10)/t4-,5-,6+/m1/s1. The molecule has 0 radical (unpaired) electrons. The Labute approximate surface area is 60.2 Å². The summed E-state index contributed by atoms with van der Waals surface area (Å²) in [6.07, 6.45) is 1.82. The zero-order chi connectivity index (χ0) is 7.72. The van der Waals surface area contributed by atoms with Crippen molar-refractivity contribution in [3.63, 3.8) is 0 Å². The van der Waals surface area contributed by atoms with Crippen LogP contribution >= 0.6 is 0 Å². The van der Waals surface area contributed by atoms with Crippen LogP contribution in [0.15, 0.2) is 0 Å². The van der Waals surface area contributed by atoms with E-state index in [9.17, 15) is 4.79 Å². The Morgan fingerprint density at radius 2 is 2.20 bits per heavy atom. The van der Waals surface area contributed by atoms with E-state index >= 15 is 0 Å². The van der Waals surface area contributed by atoms with Gasteiger partial charge in [-0.25, -0.2) is 0 Å². The van der Waals surface area contributed by atoms with Crippen molar-refractivity contribution in [3.05, 3.63) is 0 Å². The predicted octanol–water partition coefficient (Wildman–Crippen LogP) is 0.444. The number of carboxylic acids is 1. The maximum atomic E-state index is 10.5. The van der Waals surface area contributed by atoms with Crippen LogP contribution in [0.25, 0.3) is 0 Å². The molecule has 1 aliphatic carbocycles. The third kappa shape index (κ3) is 1.14. The summed E-state index contributed by atoms with van der Waals surface area (Å²) in [6.45, 7) is 1.95. The van der Waals surface area contributed by atoms with Crippen molar-refractivity contribution >= 4 is 5.97 Å². The summed E-state index contributed by atoms with van der Waals surface area (Å²) in [4.78, 5) is 10.5. The molecule has 3 atom stereocenters. The van der Waals surface area contributed by atoms with Gasteiger partial charge in [-0.1, -0.05) is 6.92 Å². The summed E-state index contributed by atoms with van der Waals surface area (Å²) in [5, 5.41) is 8.67. The molecule has 0 amide bonds. The SMILES string of the molecule is C[C@@H]1CC[C@@H](N)[C@H]1C(=O)O. The minimum absolute atomic E-state index is 0.118. The summed E-state index contributed by atoms with van der Waals surface area (Å²) in [6, 6.07) is -0.118. The summed E-state index contributed by atoms with van der Waals surface area (Å²) in [5.74, 6) is -0.787. The third-order valence-electron chi connectivity index (χ3n) is 2.31. The number of hydrogen-bond acceptors (Lipinski definition) is 2. The van der Waals surface area contributed by atoms with Gasteiger partial charge in [0, 0.05) is 6.04 Å². The second-order valence-corrected chi connectivity index (χ2v) is 3.08. The molecule has 0 spiro atoms. The van der Waals surface area contributed by atoms with Gasteiger partial charge < -0.3 is 10.8 Å². The topological polar surface area (TPSA) is 63.3 Å². The fourth-order valence-electron chi connectivity index (χ4n) is 1.66. The van der Waals surface area contributed by atoms with Crippen LogP contribution in [0, 0.1) is 11.8 Å². The number of carbonyl (C=O) groups is 1. The Balaban J connectivity index is 2.63. The zero-order valence-corrected chi connectivity index (χ0v) is 6.08. The number of nitrogens with two attached hydrogens (primary N) is 1. The van der Waals surface area contributed by atoms with Gasteiger partial charge in [-0.15, -0.1) is 0 Å². The van der Waals surface area contributed by atoms with E-state index in [1.165, 1.54) is 0 Å². The van der Waals surface area contributed by atoms with Gasteiger partial charge in [0.2, 0.25) is 0 Å². The van der Waals surface area contributed by atoms with Crippen molar-refractivity contribution in [2.75, 3.05) is 0 Å². The van der Waals surface area contributed by atoms with E-state index in [4.69, 9.17) is 10.8 Å². The predicted molar refractivity (Wildman–Crippen MR) is 37.5 cm³/mol. The van der Waals surface area contributed by atoms with Crippen molar-refractivity contribution in [2.24, 2.45) is 17.6 Å². The minimum atomic E-state index is -0.738. The molecule has 0 aromatic carbocycles. The van der Waals surface area contributed by atoms with E-state index in [0.717, 1.165) is 12.8 Å². The van der Waals surface area contributed by atoms with Crippen molar-refractivity contribution < 1.29 is 9.90 Å². The lowest BCUT2D eigenvalue weighted by Gasteiger charge is -2.13. The van der Waals surface area contributed by atoms with Gasteiger partial charge in [0.05, 0.1) is 5.92 Å². The molecule has 0 bridgehead atoms. The Kier molecular flexibility index (Phi) is 1.94. The Morgan fingerprint density at radius 1 is 1.60 bits per heavy atom. The molecule has 58 valence electrons. The van der Waals surface area contributed by atoms with E-state index in [1.807, 2.05) is 6.92 Å². The highest BCUT2D eigenvalue weighted by molar-refractivity contribution is 5.71. The lowest BCUT2D eigenvalue weighted by molar-refractivity contribution is -0.143. The van der Waals surface area contributed by atoms with E-state index in [2.05, 4.69) is 0 Å². The van der Waals surface area contributed by atoms with Gasteiger partial charge >= 0.3 is 5.97 Å². The maximum absolute atomic E-state index is 10.5. The largest absolute Gasteiger partial charge is 0.481 e. The van der Waals surface area contributed by atoms with Crippen LogP contribution in [-0.4, -0.2) is 17.1 Å². The molecule has 10 heavy (non-hydrogen) atoms. The molecule has 0 aromatic heterocycles. The van der Waals surface area contributed by atoms with Crippen LogP contribution in [-0.2, 0) is 4.79 Å². The van der Waals surface area contributed by atoms with Crippen molar-refractivity contribution in [3.8, 4) is 0 Å².